The lowest BCUT2D eigenvalue weighted by atomic mass is 9.95. The molecule has 46 heavy (non-hydrogen) atoms. The zero-order valence-electron chi connectivity index (χ0n) is 24.2. The Morgan fingerprint density at radius 3 is 2.39 bits per heavy atom. The number of nitrogens with zero attached hydrogens (tertiary/aromatic N) is 2. The highest BCUT2D eigenvalue weighted by Crippen LogP contribution is 2.39. The number of benzene rings is 3. The van der Waals surface area contributed by atoms with E-state index >= 15 is 0 Å². The summed E-state index contributed by atoms with van der Waals surface area (Å²) >= 11 is 10.3. The Kier molecular flexibility index (Phi) is 10.0. The summed E-state index contributed by atoms with van der Waals surface area (Å²) in [6.45, 7) is 3.45. The maximum Gasteiger partial charge on any atom is 0.434 e. The van der Waals surface area contributed by atoms with Crippen LogP contribution in [0.25, 0.3) is 6.08 Å². The molecule has 2 heterocycles. The summed E-state index contributed by atoms with van der Waals surface area (Å²) in [5, 5.41) is 0.314. The minimum Gasteiger partial charge on any atom is -0.490 e. The van der Waals surface area contributed by atoms with E-state index in [-0.39, 0.29) is 40.5 Å². The highest BCUT2D eigenvalue weighted by molar-refractivity contribution is 9.10. The van der Waals surface area contributed by atoms with Crippen LogP contribution in [0.2, 0.25) is 5.02 Å². The Labute approximate surface area is 277 Å². The highest BCUT2D eigenvalue weighted by Gasteiger charge is 2.45. The topological polar surface area (TPSA) is 79.1 Å². The fourth-order valence-corrected chi connectivity index (χ4v) is 6.46. The first kappa shape index (κ1) is 33.4. The lowest BCUT2D eigenvalue weighted by Crippen LogP contribution is -2.41. The lowest BCUT2D eigenvalue weighted by Gasteiger charge is -2.26. The summed E-state index contributed by atoms with van der Waals surface area (Å²) in [5.41, 5.74) is -1.52. The third kappa shape index (κ3) is 7.06. The fraction of sp³-hybridized carbons (Fsp3) is 0.219. The van der Waals surface area contributed by atoms with E-state index in [2.05, 4.69) is 20.9 Å². The Morgan fingerprint density at radius 1 is 1.07 bits per heavy atom. The van der Waals surface area contributed by atoms with Gasteiger partial charge < -0.3 is 14.2 Å². The summed E-state index contributed by atoms with van der Waals surface area (Å²) < 4.78 is 74.7. The van der Waals surface area contributed by atoms with Crippen LogP contribution in [0, 0.1) is 5.82 Å². The molecule has 0 amide bonds. The van der Waals surface area contributed by atoms with Gasteiger partial charge in [-0.15, -0.1) is 0 Å². The number of carbonyl (C=O) groups is 1. The molecule has 14 heteroatoms. The van der Waals surface area contributed by atoms with Gasteiger partial charge in [0, 0.05) is 5.02 Å². The van der Waals surface area contributed by atoms with E-state index in [1.165, 1.54) is 49.4 Å². The molecular formula is C32H24BrClF4N2O5S. The number of hydrogen-bond acceptors (Lipinski definition) is 7. The molecule has 0 fully saturated rings. The number of carbonyl (C=O) groups excluding carboxylic acids is 1. The molecule has 0 N–H and O–H groups in total. The monoisotopic (exact) mass is 738 g/mol. The maximum atomic E-state index is 14.4. The molecular weight excluding hydrogens is 716 g/mol. The molecule has 5 rings (SSSR count). The summed E-state index contributed by atoms with van der Waals surface area (Å²) in [5.74, 6) is -0.919. The average Bonchev–Trinajstić information content (AvgIpc) is 3.31. The smallest absolute Gasteiger partial charge is 0.434 e. The van der Waals surface area contributed by atoms with Crippen molar-refractivity contribution in [1.29, 1.82) is 0 Å². The Hall–Kier alpha value is -3.94. The maximum absolute atomic E-state index is 14.4. The normalized spacial score (nSPS) is 15.0. The highest BCUT2D eigenvalue weighted by atomic mass is 79.9. The minimum atomic E-state index is -5.02. The Morgan fingerprint density at radius 2 is 1.76 bits per heavy atom. The molecule has 240 valence electrons. The number of aromatic nitrogens is 1. The number of ether oxygens (including phenoxy) is 3. The predicted octanol–water partition coefficient (Wildman–Crippen LogP) is 6.87. The van der Waals surface area contributed by atoms with Crippen LogP contribution in [0.1, 0.15) is 36.6 Å². The van der Waals surface area contributed by atoms with Crippen molar-refractivity contribution in [3.8, 4) is 11.5 Å². The molecule has 0 saturated heterocycles. The number of alkyl halides is 3. The Balaban J connectivity index is 1.64. The van der Waals surface area contributed by atoms with E-state index in [1.54, 1.807) is 31.2 Å². The van der Waals surface area contributed by atoms with Gasteiger partial charge in [-0.3, -0.25) is 9.36 Å². The number of esters is 1. The van der Waals surface area contributed by atoms with E-state index < -0.39 is 35.0 Å². The number of allylic oxidation sites excluding steroid dienone is 1. The molecule has 0 unspecified atom stereocenters. The molecule has 0 radical (unpaired) electrons. The third-order valence-electron chi connectivity index (χ3n) is 6.71. The second-order valence-corrected chi connectivity index (χ2v) is 12.1. The number of rotatable bonds is 9. The van der Waals surface area contributed by atoms with Crippen LogP contribution in [-0.4, -0.2) is 29.9 Å². The first-order valence-corrected chi connectivity index (χ1v) is 15.8. The second-order valence-electron chi connectivity index (χ2n) is 9.79. The number of hydrogen-bond donors (Lipinski definition) is 0. The van der Waals surface area contributed by atoms with Crippen molar-refractivity contribution >= 4 is 50.9 Å². The summed E-state index contributed by atoms with van der Waals surface area (Å²) in [6, 6.07) is 13.4. The van der Waals surface area contributed by atoms with Crippen molar-refractivity contribution in [2.45, 2.75) is 32.7 Å². The van der Waals surface area contributed by atoms with Gasteiger partial charge in [-0.1, -0.05) is 47.2 Å². The van der Waals surface area contributed by atoms with E-state index in [0.29, 0.717) is 26.6 Å². The van der Waals surface area contributed by atoms with E-state index in [4.69, 9.17) is 25.8 Å². The zero-order chi connectivity index (χ0) is 33.2. The van der Waals surface area contributed by atoms with Gasteiger partial charge in [0.2, 0.25) is 0 Å². The van der Waals surface area contributed by atoms with E-state index in [1.807, 2.05) is 0 Å². The molecule has 1 atom stereocenters. The molecule has 1 aliphatic heterocycles. The molecule has 1 aromatic heterocycles. The standard InChI is InChI=1S/C32H24BrClF4N2O5S/c1-3-43-23-14-18(13-22(33)27(23)45-16-17-5-11-21(35)12-6-17)15-24-29(41)40-26(19-7-9-20(34)10-8-19)25(30(42)44-4-2)28(32(36,37)38)39-31(40)46-24/h5-15,26H,3-4,16H2,1-2H3/b24-15-/t26-/m0/s1. The number of fused-ring (bicyclic) bond motifs is 1. The molecule has 0 aliphatic carbocycles. The van der Waals surface area contributed by atoms with Gasteiger partial charge >= 0.3 is 12.1 Å². The van der Waals surface area contributed by atoms with Crippen molar-refractivity contribution in [2.24, 2.45) is 4.99 Å². The van der Waals surface area contributed by atoms with Crippen molar-refractivity contribution in [1.82, 2.24) is 4.57 Å². The van der Waals surface area contributed by atoms with Gasteiger partial charge in [0.25, 0.3) is 5.56 Å². The minimum absolute atomic E-state index is 0.0543. The van der Waals surface area contributed by atoms with Crippen LogP contribution in [0.4, 0.5) is 17.6 Å². The summed E-state index contributed by atoms with van der Waals surface area (Å²) in [4.78, 5) is 30.4. The molecule has 0 saturated carbocycles. The SMILES string of the molecule is CCOC(=O)C1=C(C(F)(F)F)N=c2s/c(=C\c3cc(Br)c(OCc4ccc(F)cc4)c(OCC)c3)c(=O)n2[C@H]1c1ccc(Cl)cc1. The van der Waals surface area contributed by atoms with Crippen LogP contribution < -0.4 is 24.4 Å². The van der Waals surface area contributed by atoms with Crippen molar-refractivity contribution in [3.63, 3.8) is 0 Å². The zero-order valence-corrected chi connectivity index (χ0v) is 27.3. The first-order valence-electron chi connectivity index (χ1n) is 13.8. The predicted molar refractivity (Wildman–Crippen MR) is 168 cm³/mol. The lowest BCUT2D eigenvalue weighted by molar-refractivity contribution is -0.140. The fourth-order valence-electron chi connectivity index (χ4n) is 4.76. The molecule has 1 aliphatic rings. The molecule has 0 bridgehead atoms. The van der Waals surface area contributed by atoms with Gasteiger partial charge in [0.1, 0.15) is 12.4 Å². The van der Waals surface area contributed by atoms with Crippen LogP contribution in [-0.2, 0) is 16.1 Å². The van der Waals surface area contributed by atoms with Gasteiger partial charge in [-0.05, 0) is 88.9 Å². The van der Waals surface area contributed by atoms with E-state index in [9.17, 15) is 27.2 Å². The van der Waals surface area contributed by atoms with Crippen molar-refractivity contribution < 1.29 is 36.6 Å². The van der Waals surface area contributed by atoms with Gasteiger partial charge in [0.15, 0.2) is 22.0 Å². The van der Waals surface area contributed by atoms with Crippen molar-refractivity contribution in [3.05, 3.63) is 124 Å². The van der Waals surface area contributed by atoms with Crippen molar-refractivity contribution in [2.75, 3.05) is 13.2 Å². The van der Waals surface area contributed by atoms with Gasteiger partial charge in [-0.2, -0.15) is 13.2 Å². The molecule has 7 nitrogen and oxygen atoms in total. The quantitative estimate of drug-likeness (QED) is 0.138. The third-order valence-corrected chi connectivity index (χ3v) is 8.53. The first-order chi connectivity index (χ1) is 21.9. The average molecular weight is 740 g/mol. The summed E-state index contributed by atoms with van der Waals surface area (Å²) in [6.07, 6.45) is -3.54. The van der Waals surface area contributed by atoms with Gasteiger partial charge in [0.05, 0.1) is 33.8 Å². The molecule has 4 aromatic rings. The van der Waals surface area contributed by atoms with Crippen LogP contribution in [0.3, 0.4) is 0 Å². The van der Waals surface area contributed by atoms with Crippen LogP contribution in [0.5, 0.6) is 11.5 Å². The Bertz CT molecular complexity index is 1990. The largest absolute Gasteiger partial charge is 0.490 e. The second kappa shape index (κ2) is 13.8. The van der Waals surface area contributed by atoms with Gasteiger partial charge in [-0.25, -0.2) is 14.2 Å². The van der Waals surface area contributed by atoms with E-state index in [0.717, 1.165) is 21.5 Å². The summed E-state index contributed by atoms with van der Waals surface area (Å²) in [7, 11) is 0. The molecule has 3 aromatic carbocycles. The van der Waals surface area contributed by atoms with Crippen LogP contribution >= 0.6 is 38.9 Å². The van der Waals surface area contributed by atoms with Crippen LogP contribution in [0.15, 0.2) is 86.2 Å². The number of thiazole rings is 1. The number of halogens is 6. The molecule has 0 spiro atoms.